The molecular weight excluding hydrogens is 438 g/mol. The minimum Gasteiger partial charge on any atom is -0.381 e. The van der Waals surface area contributed by atoms with Gasteiger partial charge in [-0.3, -0.25) is 0 Å². The van der Waals surface area contributed by atoms with Crippen LogP contribution < -0.4 is 15.2 Å². The number of halogens is 4. The molecule has 7 nitrogen and oxygen atoms in total. The largest absolute Gasteiger partial charge is 0.411 e. The molecule has 154 valence electrons. The third kappa shape index (κ3) is 4.81. The number of hydrogen-bond donors (Lipinski definition) is 2. The first-order valence-corrected chi connectivity index (χ1v) is 9.98. The summed E-state index contributed by atoms with van der Waals surface area (Å²) >= 11 is 0.788. The van der Waals surface area contributed by atoms with Crippen LogP contribution >= 0.6 is 11.3 Å². The van der Waals surface area contributed by atoms with Crippen molar-refractivity contribution in [1.29, 1.82) is 0 Å². The molecule has 0 radical (unpaired) electrons. The maximum Gasteiger partial charge on any atom is 0.411 e. The molecule has 3 rings (SSSR count). The van der Waals surface area contributed by atoms with Crippen LogP contribution in [0.25, 0.3) is 10.2 Å². The Kier molecular flexibility index (Phi) is 5.47. The molecule has 13 heteroatoms. The summed E-state index contributed by atoms with van der Waals surface area (Å²) in [4.78, 5) is 14.2. The minimum absolute atomic E-state index is 0.144. The number of hydrogen-bond acceptors (Lipinski definition) is 6. The third-order valence-corrected chi connectivity index (χ3v) is 5.96. The number of alkyl halides is 3. The molecular formula is C16H11F4N3O4S2. The summed E-state index contributed by atoms with van der Waals surface area (Å²) in [6.07, 6.45) is -6.09. The van der Waals surface area contributed by atoms with E-state index in [0.717, 1.165) is 47.7 Å². The third-order valence-electron chi connectivity index (χ3n) is 3.64. The molecule has 1 atom stereocenters. The average Bonchev–Trinajstić information content (AvgIpc) is 3.00. The number of aromatic nitrogens is 1. The van der Waals surface area contributed by atoms with Crippen LogP contribution in [0.1, 0.15) is 11.6 Å². The van der Waals surface area contributed by atoms with Crippen LogP contribution in [0, 0.1) is 5.82 Å². The highest BCUT2D eigenvalue weighted by molar-refractivity contribution is 7.89. The molecule has 1 unspecified atom stereocenters. The number of fused-ring (bicyclic) bond motifs is 1. The van der Waals surface area contributed by atoms with Crippen LogP contribution in [0.15, 0.2) is 47.4 Å². The van der Waals surface area contributed by atoms with Crippen molar-refractivity contribution in [3.63, 3.8) is 0 Å². The standard InChI is InChI=1S/C16H11F4N3O4S2/c17-9-3-1-8(2-4-9)13(16(18,19)20)23-29(25,26)10-5-6-11-12(7-10)28-15(22-11)27-14(21)24/h1-7,13,23H,(H2,21,24). The predicted octanol–water partition coefficient (Wildman–Crippen LogP) is 3.47. The maximum absolute atomic E-state index is 13.4. The molecule has 0 spiro atoms. The van der Waals surface area contributed by atoms with E-state index in [0.29, 0.717) is 0 Å². The molecule has 1 amide bonds. The van der Waals surface area contributed by atoms with Gasteiger partial charge >= 0.3 is 12.3 Å². The molecule has 3 aromatic rings. The minimum atomic E-state index is -4.97. The Hall–Kier alpha value is -2.77. The normalized spacial score (nSPS) is 13.4. The number of carbonyl (C=O) groups is 1. The number of amides is 1. The predicted molar refractivity (Wildman–Crippen MR) is 95.3 cm³/mol. The van der Waals surface area contributed by atoms with Crippen molar-refractivity contribution in [3.8, 4) is 5.19 Å². The highest BCUT2D eigenvalue weighted by atomic mass is 32.2. The smallest absolute Gasteiger partial charge is 0.381 e. The van der Waals surface area contributed by atoms with Crippen molar-refractivity contribution < 1.29 is 35.5 Å². The van der Waals surface area contributed by atoms with E-state index in [9.17, 15) is 30.8 Å². The van der Waals surface area contributed by atoms with E-state index in [1.807, 2.05) is 0 Å². The van der Waals surface area contributed by atoms with Crippen molar-refractivity contribution in [2.24, 2.45) is 5.73 Å². The fraction of sp³-hybridized carbons (Fsp3) is 0.125. The van der Waals surface area contributed by atoms with Gasteiger partial charge in [0.05, 0.1) is 15.1 Å². The number of benzene rings is 2. The number of rotatable bonds is 5. The van der Waals surface area contributed by atoms with Crippen LogP contribution in [0.2, 0.25) is 0 Å². The van der Waals surface area contributed by atoms with Crippen LogP contribution in [-0.4, -0.2) is 25.7 Å². The first-order chi connectivity index (χ1) is 13.5. The van der Waals surface area contributed by atoms with Gasteiger partial charge in [-0.25, -0.2) is 22.6 Å². The van der Waals surface area contributed by atoms with E-state index in [1.165, 1.54) is 6.07 Å². The zero-order valence-corrected chi connectivity index (χ0v) is 15.7. The van der Waals surface area contributed by atoms with Gasteiger partial charge in [0.1, 0.15) is 11.9 Å². The summed E-state index contributed by atoms with van der Waals surface area (Å²) in [6, 6.07) is 4.08. The fourth-order valence-corrected chi connectivity index (χ4v) is 4.55. The Morgan fingerprint density at radius 1 is 1.17 bits per heavy atom. The number of ether oxygens (including phenoxy) is 1. The zero-order valence-electron chi connectivity index (χ0n) is 14.1. The Morgan fingerprint density at radius 2 is 1.83 bits per heavy atom. The molecule has 1 heterocycles. The van der Waals surface area contributed by atoms with Crippen molar-refractivity contribution in [3.05, 3.63) is 53.8 Å². The SMILES string of the molecule is NC(=O)Oc1nc2ccc(S(=O)(=O)NC(c3ccc(F)cc3)C(F)(F)F)cc2s1. The van der Waals surface area contributed by atoms with Crippen molar-refractivity contribution in [2.45, 2.75) is 17.1 Å². The maximum atomic E-state index is 13.4. The second kappa shape index (κ2) is 7.57. The molecule has 0 aliphatic heterocycles. The molecule has 0 fully saturated rings. The first kappa shape index (κ1) is 21.0. The second-order valence-electron chi connectivity index (χ2n) is 5.68. The van der Waals surface area contributed by atoms with Gasteiger partial charge in [0.2, 0.25) is 10.0 Å². The van der Waals surface area contributed by atoms with Gasteiger partial charge in [-0.15, -0.1) is 0 Å². The van der Waals surface area contributed by atoms with Crippen LogP contribution in [0.3, 0.4) is 0 Å². The number of nitrogens with two attached hydrogens (primary N) is 1. The fourth-order valence-electron chi connectivity index (χ4n) is 2.38. The van der Waals surface area contributed by atoms with Gasteiger partial charge in [-0.2, -0.15) is 17.9 Å². The summed E-state index contributed by atoms with van der Waals surface area (Å²) < 4.78 is 84.9. The first-order valence-electron chi connectivity index (χ1n) is 7.68. The van der Waals surface area contributed by atoms with Gasteiger partial charge < -0.3 is 10.5 Å². The van der Waals surface area contributed by atoms with E-state index < -0.39 is 44.6 Å². The van der Waals surface area contributed by atoms with E-state index in [2.05, 4.69) is 9.72 Å². The molecule has 3 N–H and O–H groups in total. The summed E-state index contributed by atoms with van der Waals surface area (Å²) in [7, 11) is -4.62. The van der Waals surface area contributed by atoms with Gasteiger partial charge in [0.25, 0.3) is 5.19 Å². The zero-order chi connectivity index (χ0) is 21.4. The molecule has 0 aliphatic rings. The monoisotopic (exact) mass is 449 g/mol. The summed E-state index contributed by atoms with van der Waals surface area (Å²) in [5.74, 6) is -0.762. The summed E-state index contributed by atoms with van der Waals surface area (Å²) in [6.45, 7) is 0. The Labute approximate surface area is 165 Å². The lowest BCUT2D eigenvalue weighted by Gasteiger charge is -2.22. The number of nitrogens with zero attached hydrogens (tertiary/aromatic N) is 1. The van der Waals surface area contributed by atoms with E-state index >= 15 is 0 Å². The topological polar surface area (TPSA) is 111 Å². The number of thiazole rings is 1. The molecule has 0 aliphatic carbocycles. The number of nitrogens with one attached hydrogen (secondary N) is 1. The highest BCUT2D eigenvalue weighted by Gasteiger charge is 2.43. The molecule has 0 saturated carbocycles. The van der Waals surface area contributed by atoms with Gasteiger partial charge in [-0.1, -0.05) is 23.5 Å². The van der Waals surface area contributed by atoms with Gasteiger partial charge in [0.15, 0.2) is 0 Å². The lowest BCUT2D eigenvalue weighted by atomic mass is 10.1. The molecule has 2 aromatic carbocycles. The van der Waals surface area contributed by atoms with E-state index in [1.54, 1.807) is 4.72 Å². The Morgan fingerprint density at radius 3 is 2.41 bits per heavy atom. The summed E-state index contributed by atoms with van der Waals surface area (Å²) in [5, 5.41) is -0.144. The highest BCUT2D eigenvalue weighted by Crippen LogP contribution is 2.35. The molecule has 0 saturated heterocycles. The Balaban J connectivity index is 1.95. The van der Waals surface area contributed by atoms with Crippen molar-refractivity contribution >= 4 is 37.7 Å². The van der Waals surface area contributed by atoms with E-state index in [-0.39, 0.29) is 15.4 Å². The molecule has 29 heavy (non-hydrogen) atoms. The number of carbonyl (C=O) groups excluding carboxylic acids is 1. The Bertz CT molecular complexity index is 1160. The van der Waals surface area contributed by atoms with E-state index in [4.69, 9.17) is 5.73 Å². The molecule has 1 aromatic heterocycles. The second-order valence-corrected chi connectivity index (χ2v) is 8.39. The van der Waals surface area contributed by atoms with Gasteiger partial charge in [0, 0.05) is 0 Å². The van der Waals surface area contributed by atoms with Crippen LogP contribution in [0.5, 0.6) is 5.19 Å². The quantitative estimate of drug-likeness (QED) is 0.580. The van der Waals surface area contributed by atoms with Crippen LogP contribution in [0.4, 0.5) is 22.4 Å². The summed E-state index contributed by atoms with van der Waals surface area (Å²) in [5.41, 5.74) is 4.66. The van der Waals surface area contributed by atoms with Crippen molar-refractivity contribution in [1.82, 2.24) is 9.71 Å². The van der Waals surface area contributed by atoms with Crippen molar-refractivity contribution in [2.75, 3.05) is 0 Å². The number of sulfonamides is 1. The lowest BCUT2D eigenvalue weighted by molar-refractivity contribution is -0.153. The average molecular weight is 449 g/mol. The molecule has 0 bridgehead atoms. The van der Waals surface area contributed by atoms with Crippen LogP contribution in [-0.2, 0) is 10.0 Å². The lowest BCUT2D eigenvalue weighted by Crippen LogP contribution is -2.38. The number of primary amides is 1. The van der Waals surface area contributed by atoms with Gasteiger partial charge in [-0.05, 0) is 35.9 Å².